The molecular weight excluding hydrogens is 265 g/mol. The van der Waals surface area contributed by atoms with Gasteiger partial charge < -0.3 is 4.79 Å². The summed E-state index contributed by atoms with van der Waals surface area (Å²) < 4.78 is 15.3. The number of carbonyl (C=O) groups is 1. The van der Waals surface area contributed by atoms with Crippen LogP contribution in [-0.2, 0) is 10.3 Å². The van der Waals surface area contributed by atoms with Gasteiger partial charge >= 0.3 is 0 Å². The van der Waals surface area contributed by atoms with E-state index in [1.165, 1.54) is 34.8 Å². The normalized spacial score (nSPS) is 11.6. The molecule has 0 unspecified atom stereocenters. The predicted octanol–water partition coefficient (Wildman–Crippen LogP) is 2.74. The maximum atomic E-state index is 13.8. The summed E-state index contributed by atoms with van der Waals surface area (Å²) in [5, 5.41) is 4.32. The molecular formula is C13H14FN3OS. The maximum Gasteiger partial charge on any atom is 0.151 e. The number of carbonyl (C=O) groups excluding carboxylic acids is 1. The second-order valence-corrected chi connectivity index (χ2v) is 5.44. The Morgan fingerprint density at radius 1 is 1.42 bits per heavy atom. The number of halogens is 1. The van der Waals surface area contributed by atoms with E-state index in [4.69, 9.17) is 0 Å². The van der Waals surface area contributed by atoms with E-state index < -0.39 is 11.4 Å². The average Bonchev–Trinajstić information content (AvgIpc) is 2.84. The molecule has 0 aliphatic carbocycles. The number of rotatable bonds is 4. The van der Waals surface area contributed by atoms with Crippen molar-refractivity contribution in [3.05, 3.63) is 30.3 Å². The maximum absolute atomic E-state index is 13.8. The van der Waals surface area contributed by atoms with E-state index in [0.717, 1.165) is 11.2 Å². The van der Waals surface area contributed by atoms with E-state index in [9.17, 15) is 9.18 Å². The molecule has 0 saturated heterocycles. The molecule has 2 aromatic heterocycles. The fraction of sp³-hybridized carbons (Fsp3) is 0.308. The van der Waals surface area contributed by atoms with E-state index in [2.05, 4.69) is 10.1 Å². The molecule has 4 nitrogen and oxygen atoms in total. The second-order valence-electron chi connectivity index (χ2n) is 4.60. The van der Waals surface area contributed by atoms with Gasteiger partial charge in [-0.2, -0.15) is 5.10 Å². The van der Waals surface area contributed by atoms with Crippen LogP contribution >= 0.6 is 11.8 Å². The average molecular weight is 279 g/mol. The molecule has 0 fully saturated rings. The van der Waals surface area contributed by atoms with Crippen LogP contribution in [0.2, 0.25) is 0 Å². The number of aromatic nitrogens is 3. The molecule has 0 aromatic carbocycles. The van der Waals surface area contributed by atoms with Crippen molar-refractivity contribution >= 4 is 18.0 Å². The van der Waals surface area contributed by atoms with Crippen LogP contribution < -0.4 is 0 Å². The summed E-state index contributed by atoms with van der Waals surface area (Å²) in [6.45, 7) is 3.49. The first-order valence-corrected chi connectivity index (χ1v) is 6.93. The Morgan fingerprint density at radius 3 is 2.74 bits per heavy atom. The zero-order chi connectivity index (χ0) is 14.0. The van der Waals surface area contributed by atoms with Gasteiger partial charge in [-0.05, 0) is 32.2 Å². The molecule has 0 N–H and O–H groups in total. The number of aldehydes is 1. The first-order chi connectivity index (χ1) is 8.99. The van der Waals surface area contributed by atoms with E-state index in [1.807, 2.05) is 6.26 Å². The van der Waals surface area contributed by atoms with Gasteiger partial charge in [-0.3, -0.25) is 9.67 Å². The van der Waals surface area contributed by atoms with Crippen LogP contribution in [0.5, 0.6) is 0 Å². The SMILES string of the molecule is CSc1cn(C(C)(C)C=O)nc1-c1ncccc1F. The van der Waals surface area contributed by atoms with Crippen LogP contribution in [0.15, 0.2) is 29.4 Å². The monoisotopic (exact) mass is 279 g/mol. The van der Waals surface area contributed by atoms with Gasteiger partial charge in [0.15, 0.2) is 5.82 Å². The summed E-state index contributed by atoms with van der Waals surface area (Å²) in [6.07, 6.45) is 5.94. The third kappa shape index (κ3) is 2.53. The van der Waals surface area contributed by atoms with Crippen molar-refractivity contribution < 1.29 is 9.18 Å². The Labute approximate surface area is 115 Å². The number of hydrogen-bond acceptors (Lipinski definition) is 4. The summed E-state index contributed by atoms with van der Waals surface area (Å²) in [6, 6.07) is 2.88. The van der Waals surface area contributed by atoms with Crippen LogP contribution in [0, 0.1) is 5.82 Å². The Balaban J connectivity index is 2.59. The molecule has 0 amide bonds. The second kappa shape index (κ2) is 5.13. The highest BCUT2D eigenvalue weighted by Gasteiger charge is 2.24. The van der Waals surface area contributed by atoms with E-state index in [0.29, 0.717) is 5.69 Å². The molecule has 0 atom stereocenters. The topological polar surface area (TPSA) is 47.8 Å². The summed E-state index contributed by atoms with van der Waals surface area (Å²) in [4.78, 5) is 15.9. The highest BCUT2D eigenvalue weighted by Crippen LogP contribution is 2.30. The Hall–Kier alpha value is -1.69. The van der Waals surface area contributed by atoms with Crippen LogP contribution in [0.3, 0.4) is 0 Å². The Kier molecular flexibility index (Phi) is 3.71. The first kappa shape index (κ1) is 13.7. The van der Waals surface area contributed by atoms with Crippen LogP contribution in [0.25, 0.3) is 11.4 Å². The molecule has 0 aliphatic heterocycles. The zero-order valence-electron chi connectivity index (χ0n) is 10.9. The Bertz CT molecular complexity index is 610. The summed E-state index contributed by atoms with van der Waals surface area (Å²) in [5.74, 6) is -0.424. The molecule has 0 aliphatic rings. The lowest BCUT2D eigenvalue weighted by Gasteiger charge is -2.17. The van der Waals surface area contributed by atoms with Crippen molar-refractivity contribution in [1.82, 2.24) is 14.8 Å². The molecule has 6 heteroatoms. The van der Waals surface area contributed by atoms with Crippen molar-refractivity contribution in [2.24, 2.45) is 0 Å². The van der Waals surface area contributed by atoms with Gasteiger partial charge in [-0.1, -0.05) is 0 Å². The highest BCUT2D eigenvalue weighted by molar-refractivity contribution is 7.98. The lowest BCUT2D eigenvalue weighted by molar-refractivity contribution is -0.114. The molecule has 2 rings (SSSR count). The lowest BCUT2D eigenvalue weighted by atomic mass is 10.1. The van der Waals surface area contributed by atoms with Crippen molar-refractivity contribution in [1.29, 1.82) is 0 Å². The van der Waals surface area contributed by atoms with E-state index >= 15 is 0 Å². The van der Waals surface area contributed by atoms with Gasteiger partial charge in [0.2, 0.25) is 0 Å². The number of pyridine rings is 1. The fourth-order valence-corrected chi connectivity index (χ4v) is 2.12. The Morgan fingerprint density at radius 2 is 2.16 bits per heavy atom. The van der Waals surface area contributed by atoms with Gasteiger partial charge in [-0.15, -0.1) is 11.8 Å². The molecule has 0 bridgehead atoms. The molecule has 0 spiro atoms. The van der Waals surface area contributed by atoms with E-state index in [1.54, 1.807) is 20.0 Å². The molecule has 0 saturated carbocycles. The van der Waals surface area contributed by atoms with Crippen LogP contribution in [0.1, 0.15) is 13.8 Å². The lowest BCUT2D eigenvalue weighted by Crippen LogP contribution is -2.28. The summed E-state index contributed by atoms with van der Waals surface area (Å²) in [5.41, 5.74) is -0.110. The van der Waals surface area contributed by atoms with Crippen molar-refractivity contribution in [3.8, 4) is 11.4 Å². The van der Waals surface area contributed by atoms with Crippen LogP contribution in [0.4, 0.5) is 4.39 Å². The number of nitrogens with zero attached hydrogens (tertiary/aromatic N) is 3. The summed E-state index contributed by atoms with van der Waals surface area (Å²) in [7, 11) is 0. The first-order valence-electron chi connectivity index (χ1n) is 5.71. The van der Waals surface area contributed by atoms with Gasteiger partial charge in [-0.25, -0.2) is 4.39 Å². The molecule has 0 radical (unpaired) electrons. The van der Waals surface area contributed by atoms with Crippen molar-refractivity contribution in [3.63, 3.8) is 0 Å². The smallest absolute Gasteiger partial charge is 0.151 e. The predicted molar refractivity (Wildman–Crippen MR) is 72.6 cm³/mol. The van der Waals surface area contributed by atoms with Crippen molar-refractivity contribution in [2.75, 3.05) is 6.26 Å². The molecule has 2 aromatic rings. The standard InChI is InChI=1S/C13H14FN3OS/c1-13(2,8-18)17-7-10(19-3)12(16-17)11-9(14)5-4-6-15-11/h4-8H,1-3H3. The highest BCUT2D eigenvalue weighted by atomic mass is 32.2. The largest absolute Gasteiger partial charge is 0.301 e. The minimum Gasteiger partial charge on any atom is -0.301 e. The van der Waals surface area contributed by atoms with E-state index in [-0.39, 0.29) is 5.69 Å². The number of thioether (sulfide) groups is 1. The van der Waals surface area contributed by atoms with Gasteiger partial charge in [0.25, 0.3) is 0 Å². The van der Waals surface area contributed by atoms with Gasteiger partial charge in [0.05, 0.1) is 4.90 Å². The van der Waals surface area contributed by atoms with Crippen molar-refractivity contribution in [2.45, 2.75) is 24.3 Å². The third-order valence-electron chi connectivity index (χ3n) is 2.76. The number of hydrogen-bond donors (Lipinski definition) is 0. The molecule has 100 valence electrons. The zero-order valence-corrected chi connectivity index (χ0v) is 11.7. The quantitative estimate of drug-likeness (QED) is 0.638. The minimum atomic E-state index is -0.770. The summed E-state index contributed by atoms with van der Waals surface area (Å²) >= 11 is 1.44. The fourth-order valence-electron chi connectivity index (χ4n) is 1.58. The van der Waals surface area contributed by atoms with Gasteiger partial charge in [0.1, 0.15) is 23.2 Å². The van der Waals surface area contributed by atoms with Crippen LogP contribution in [-0.4, -0.2) is 27.3 Å². The minimum absolute atomic E-state index is 0.201. The molecule has 19 heavy (non-hydrogen) atoms. The third-order valence-corrected chi connectivity index (χ3v) is 3.50. The van der Waals surface area contributed by atoms with Gasteiger partial charge in [0, 0.05) is 12.4 Å². The molecule has 2 heterocycles.